The Hall–Kier alpha value is -2.00. The lowest BCUT2D eigenvalue weighted by molar-refractivity contribution is 0.0843. The monoisotopic (exact) mass is 310 g/mol. The summed E-state index contributed by atoms with van der Waals surface area (Å²) in [4.78, 5) is 2.52. The summed E-state index contributed by atoms with van der Waals surface area (Å²) in [5.41, 5.74) is 2.18. The summed E-state index contributed by atoms with van der Waals surface area (Å²) in [6.07, 6.45) is 2.57. The molecule has 1 fully saturated rings. The van der Waals surface area contributed by atoms with Gasteiger partial charge in [0, 0.05) is 30.5 Å². The number of para-hydroxylation sites is 1. The Morgan fingerprint density at radius 2 is 1.52 bits per heavy atom. The maximum Gasteiger partial charge on any atom is 0.119 e. The lowest BCUT2D eigenvalue weighted by atomic mass is 10.1. The normalized spacial score (nSPS) is 16.5. The molecule has 1 aliphatic heterocycles. The van der Waals surface area contributed by atoms with Gasteiger partial charge >= 0.3 is 0 Å². The van der Waals surface area contributed by atoms with Crippen LogP contribution in [0.3, 0.4) is 0 Å². The van der Waals surface area contributed by atoms with Crippen LogP contribution in [0.5, 0.6) is 5.75 Å². The summed E-state index contributed by atoms with van der Waals surface area (Å²) < 4.78 is 6.13. The maximum absolute atomic E-state index is 6.13. The predicted molar refractivity (Wildman–Crippen MR) is 96.5 cm³/mol. The van der Waals surface area contributed by atoms with Gasteiger partial charge in [-0.25, -0.2) is 0 Å². The molecule has 0 bridgehead atoms. The molecule has 1 N–H and O–H groups in total. The topological polar surface area (TPSA) is 24.5 Å². The molecule has 1 aliphatic rings. The van der Waals surface area contributed by atoms with Gasteiger partial charge in [-0.15, -0.1) is 0 Å². The third-order valence-electron chi connectivity index (χ3n) is 4.43. The average Bonchev–Trinajstić information content (AvgIpc) is 2.58. The second-order valence-corrected chi connectivity index (χ2v) is 6.46. The van der Waals surface area contributed by atoms with Crippen LogP contribution in [0.25, 0.3) is 0 Å². The number of benzene rings is 2. The van der Waals surface area contributed by atoms with Crippen molar-refractivity contribution in [2.75, 3.05) is 18.4 Å². The first kappa shape index (κ1) is 15.9. The summed E-state index contributed by atoms with van der Waals surface area (Å²) in [6, 6.07) is 19.1. The fraction of sp³-hybridized carbons (Fsp3) is 0.400. The van der Waals surface area contributed by atoms with E-state index in [4.69, 9.17) is 4.74 Å². The maximum atomic E-state index is 6.13. The molecular weight excluding hydrogens is 284 g/mol. The zero-order valence-corrected chi connectivity index (χ0v) is 14.0. The lowest BCUT2D eigenvalue weighted by Crippen LogP contribution is -2.41. The van der Waals surface area contributed by atoms with E-state index in [9.17, 15) is 0 Å². The minimum atomic E-state index is 0.345. The lowest BCUT2D eigenvalue weighted by Gasteiger charge is -2.34. The fourth-order valence-electron chi connectivity index (χ4n) is 3.01. The number of likely N-dealkylation sites (tertiary alicyclic amines) is 1. The molecule has 1 saturated heterocycles. The van der Waals surface area contributed by atoms with Crippen molar-refractivity contribution in [1.29, 1.82) is 0 Å². The number of hydrogen-bond acceptors (Lipinski definition) is 3. The van der Waals surface area contributed by atoms with Crippen LogP contribution in [0, 0.1) is 0 Å². The highest BCUT2D eigenvalue weighted by molar-refractivity contribution is 5.59. The summed E-state index contributed by atoms with van der Waals surface area (Å²) in [5.74, 6) is 0.964. The smallest absolute Gasteiger partial charge is 0.119 e. The minimum absolute atomic E-state index is 0.345. The number of hydrogen-bond donors (Lipinski definition) is 1. The van der Waals surface area contributed by atoms with Crippen LogP contribution < -0.4 is 10.1 Å². The Balaban J connectivity index is 1.52. The van der Waals surface area contributed by atoms with Crippen LogP contribution in [0.4, 0.5) is 11.4 Å². The first-order valence-corrected chi connectivity index (χ1v) is 8.53. The van der Waals surface area contributed by atoms with E-state index in [0.717, 1.165) is 43.1 Å². The average molecular weight is 310 g/mol. The molecule has 3 rings (SSSR count). The highest BCUT2D eigenvalue weighted by atomic mass is 16.5. The Morgan fingerprint density at radius 1 is 0.913 bits per heavy atom. The molecular formula is C20H26N2O. The standard InChI is InChI=1S/C20H26N2O/c1-16(2)22-14-12-20(13-15-22)23-19-10-8-18(9-11-19)21-17-6-4-3-5-7-17/h3-11,16,20-21H,12-15H2,1-2H3. The van der Waals surface area contributed by atoms with Gasteiger partial charge in [-0.05, 0) is 63.1 Å². The van der Waals surface area contributed by atoms with Gasteiger partial charge in [-0.1, -0.05) is 18.2 Å². The van der Waals surface area contributed by atoms with Crippen LogP contribution in [-0.4, -0.2) is 30.1 Å². The van der Waals surface area contributed by atoms with E-state index in [1.165, 1.54) is 0 Å². The van der Waals surface area contributed by atoms with Crippen LogP contribution in [0.15, 0.2) is 54.6 Å². The molecule has 2 aromatic carbocycles. The Kier molecular flexibility index (Phi) is 5.19. The fourth-order valence-corrected chi connectivity index (χ4v) is 3.01. The molecule has 0 unspecified atom stereocenters. The van der Waals surface area contributed by atoms with Crippen molar-refractivity contribution in [2.24, 2.45) is 0 Å². The third kappa shape index (κ3) is 4.49. The number of anilines is 2. The molecule has 3 heteroatoms. The van der Waals surface area contributed by atoms with Crippen LogP contribution in [0.2, 0.25) is 0 Å². The van der Waals surface area contributed by atoms with Crippen molar-refractivity contribution in [2.45, 2.75) is 38.8 Å². The van der Waals surface area contributed by atoms with E-state index in [1.54, 1.807) is 0 Å². The molecule has 122 valence electrons. The van der Waals surface area contributed by atoms with Gasteiger partial charge in [0.2, 0.25) is 0 Å². The number of piperidine rings is 1. The van der Waals surface area contributed by atoms with Crippen molar-refractivity contribution in [3.63, 3.8) is 0 Å². The van der Waals surface area contributed by atoms with E-state index in [0.29, 0.717) is 12.1 Å². The molecule has 0 saturated carbocycles. The van der Waals surface area contributed by atoms with Gasteiger partial charge in [0.25, 0.3) is 0 Å². The molecule has 0 atom stereocenters. The molecule has 1 heterocycles. The van der Waals surface area contributed by atoms with E-state index < -0.39 is 0 Å². The summed E-state index contributed by atoms with van der Waals surface area (Å²) in [7, 11) is 0. The van der Waals surface area contributed by atoms with E-state index in [-0.39, 0.29) is 0 Å². The van der Waals surface area contributed by atoms with Crippen molar-refractivity contribution in [3.05, 3.63) is 54.6 Å². The summed E-state index contributed by atoms with van der Waals surface area (Å²) in [5, 5.41) is 3.39. The Bertz CT molecular complexity index is 587. The zero-order valence-electron chi connectivity index (χ0n) is 14.0. The molecule has 3 nitrogen and oxygen atoms in total. The number of rotatable bonds is 5. The molecule has 2 aromatic rings. The van der Waals surface area contributed by atoms with Gasteiger partial charge in [0.1, 0.15) is 11.9 Å². The minimum Gasteiger partial charge on any atom is -0.490 e. The Morgan fingerprint density at radius 3 is 2.13 bits per heavy atom. The predicted octanol–water partition coefficient (Wildman–Crippen LogP) is 4.68. The van der Waals surface area contributed by atoms with Gasteiger partial charge in [0.15, 0.2) is 0 Å². The van der Waals surface area contributed by atoms with Crippen molar-refractivity contribution in [1.82, 2.24) is 4.90 Å². The first-order valence-electron chi connectivity index (χ1n) is 8.53. The number of ether oxygens (including phenoxy) is 1. The highest BCUT2D eigenvalue weighted by Gasteiger charge is 2.21. The van der Waals surface area contributed by atoms with Crippen molar-refractivity contribution < 1.29 is 4.74 Å². The number of nitrogens with one attached hydrogen (secondary N) is 1. The molecule has 0 amide bonds. The van der Waals surface area contributed by atoms with Gasteiger partial charge in [0.05, 0.1) is 0 Å². The highest BCUT2D eigenvalue weighted by Crippen LogP contribution is 2.23. The Labute approximate surface area is 139 Å². The van der Waals surface area contributed by atoms with E-state index in [2.05, 4.69) is 60.5 Å². The zero-order chi connectivity index (χ0) is 16.1. The second-order valence-electron chi connectivity index (χ2n) is 6.46. The van der Waals surface area contributed by atoms with Gasteiger partial charge in [-0.2, -0.15) is 0 Å². The van der Waals surface area contributed by atoms with E-state index in [1.807, 2.05) is 18.2 Å². The largest absolute Gasteiger partial charge is 0.490 e. The summed E-state index contributed by atoms with van der Waals surface area (Å²) in [6.45, 7) is 6.80. The quantitative estimate of drug-likeness (QED) is 0.867. The van der Waals surface area contributed by atoms with E-state index >= 15 is 0 Å². The molecule has 23 heavy (non-hydrogen) atoms. The number of nitrogens with zero attached hydrogens (tertiary/aromatic N) is 1. The van der Waals surface area contributed by atoms with Crippen LogP contribution in [0.1, 0.15) is 26.7 Å². The third-order valence-corrected chi connectivity index (χ3v) is 4.43. The molecule has 0 aliphatic carbocycles. The SMILES string of the molecule is CC(C)N1CCC(Oc2ccc(Nc3ccccc3)cc2)CC1. The molecule has 0 spiro atoms. The molecule has 0 aromatic heterocycles. The second kappa shape index (κ2) is 7.51. The molecule has 0 radical (unpaired) electrons. The first-order chi connectivity index (χ1) is 11.2. The summed E-state index contributed by atoms with van der Waals surface area (Å²) >= 11 is 0. The van der Waals surface area contributed by atoms with Crippen LogP contribution >= 0.6 is 0 Å². The van der Waals surface area contributed by atoms with Gasteiger partial charge in [-0.3, -0.25) is 0 Å². The van der Waals surface area contributed by atoms with Crippen molar-refractivity contribution in [3.8, 4) is 5.75 Å². The van der Waals surface area contributed by atoms with Crippen molar-refractivity contribution >= 4 is 11.4 Å². The van der Waals surface area contributed by atoms with Crippen LogP contribution in [-0.2, 0) is 0 Å². The van der Waals surface area contributed by atoms with Gasteiger partial charge < -0.3 is 15.0 Å².